The van der Waals surface area contributed by atoms with E-state index in [1.807, 2.05) is 26.0 Å². The van der Waals surface area contributed by atoms with Crippen LogP contribution in [-0.4, -0.2) is 26.9 Å². The molecule has 0 aliphatic heterocycles. The van der Waals surface area contributed by atoms with Crippen molar-refractivity contribution in [3.8, 4) is 5.75 Å². The van der Waals surface area contributed by atoms with Crippen LogP contribution in [0.2, 0.25) is 0 Å². The summed E-state index contributed by atoms with van der Waals surface area (Å²) in [6.07, 6.45) is 0.489. The van der Waals surface area contributed by atoms with Crippen LogP contribution in [0.1, 0.15) is 23.6 Å². The lowest BCUT2D eigenvalue weighted by molar-refractivity contribution is -0.136. The molecular weight excluding hydrogens is 213 g/mol. The maximum absolute atomic E-state index is 11.7. The SMILES string of the molecule is [B]Cc1cc(C)c(OC(=O)C(C)NC)c(C)c1. The Morgan fingerprint density at radius 3 is 2.35 bits per heavy atom. The van der Waals surface area contributed by atoms with E-state index in [0.29, 0.717) is 12.1 Å². The van der Waals surface area contributed by atoms with E-state index in [-0.39, 0.29) is 12.0 Å². The van der Waals surface area contributed by atoms with E-state index < -0.39 is 0 Å². The zero-order chi connectivity index (χ0) is 13.0. The number of benzene rings is 1. The van der Waals surface area contributed by atoms with E-state index in [4.69, 9.17) is 12.6 Å². The van der Waals surface area contributed by atoms with Crippen molar-refractivity contribution in [3.05, 3.63) is 28.8 Å². The van der Waals surface area contributed by atoms with Gasteiger partial charge < -0.3 is 10.1 Å². The Hall–Kier alpha value is -1.29. The molecule has 0 amide bonds. The van der Waals surface area contributed by atoms with Gasteiger partial charge in [-0.1, -0.05) is 24.0 Å². The summed E-state index contributed by atoms with van der Waals surface area (Å²) >= 11 is 0. The molecule has 0 saturated carbocycles. The second-order valence-corrected chi connectivity index (χ2v) is 4.19. The minimum atomic E-state index is -0.317. The largest absolute Gasteiger partial charge is 0.425 e. The van der Waals surface area contributed by atoms with Crippen molar-refractivity contribution in [2.24, 2.45) is 0 Å². The number of aryl methyl sites for hydroxylation is 2. The zero-order valence-electron chi connectivity index (χ0n) is 10.8. The zero-order valence-corrected chi connectivity index (χ0v) is 10.8. The molecule has 17 heavy (non-hydrogen) atoms. The number of carbonyl (C=O) groups is 1. The molecule has 0 aliphatic carbocycles. The number of carbonyl (C=O) groups excluding carboxylic acids is 1. The number of ether oxygens (including phenoxy) is 1. The first kappa shape index (κ1) is 13.8. The molecule has 1 aromatic carbocycles. The maximum Gasteiger partial charge on any atom is 0.328 e. The predicted octanol–water partition coefficient (Wildman–Crippen LogP) is 1.49. The fraction of sp³-hybridized carbons (Fsp3) is 0.462. The van der Waals surface area contributed by atoms with Crippen LogP contribution in [0.4, 0.5) is 0 Å². The molecule has 1 rings (SSSR count). The van der Waals surface area contributed by atoms with Crippen LogP contribution in [0.5, 0.6) is 5.75 Å². The van der Waals surface area contributed by atoms with Gasteiger partial charge in [-0.15, -0.1) is 0 Å². The molecule has 0 saturated heterocycles. The van der Waals surface area contributed by atoms with Crippen molar-refractivity contribution in [2.75, 3.05) is 7.05 Å². The van der Waals surface area contributed by atoms with E-state index in [0.717, 1.165) is 16.7 Å². The van der Waals surface area contributed by atoms with Gasteiger partial charge in [-0.25, -0.2) is 4.79 Å². The Morgan fingerprint density at radius 1 is 1.41 bits per heavy atom. The summed E-state index contributed by atoms with van der Waals surface area (Å²) in [7, 11) is 7.32. The second-order valence-electron chi connectivity index (χ2n) is 4.19. The Kier molecular flexibility index (Phi) is 4.76. The Bertz CT molecular complexity index is 395. The number of esters is 1. The van der Waals surface area contributed by atoms with Gasteiger partial charge in [-0.2, -0.15) is 0 Å². The van der Waals surface area contributed by atoms with E-state index in [9.17, 15) is 4.79 Å². The summed E-state index contributed by atoms with van der Waals surface area (Å²) in [5.41, 5.74) is 2.91. The first-order valence-electron chi connectivity index (χ1n) is 5.68. The number of hydrogen-bond donors (Lipinski definition) is 1. The number of rotatable bonds is 4. The molecule has 4 heteroatoms. The minimum absolute atomic E-state index is 0.279. The summed E-state index contributed by atoms with van der Waals surface area (Å²) in [4.78, 5) is 11.7. The van der Waals surface area contributed by atoms with Crippen LogP contribution in [0, 0.1) is 13.8 Å². The maximum atomic E-state index is 11.7. The Labute approximate surface area is 104 Å². The molecule has 3 nitrogen and oxygen atoms in total. The fourth-order valence-corrected chi connectivity index (χ4v) is 1.63. The molecule has 0 aromatic heterocycles. The van der Waals surface area contributed by atoms with Crippen LogP contribution >= 0.6 is 0 Å². The summed E-state index contributed by atoms with van der Waals surface area (Å²) in [5.74, 6) is 0.355. The standard InChI is InChI=1S/C13H18BNO2/c1-8-5-11(7-14)6-9(2)12(8)17-13(16)10(3)15-4/h5-6,10,15H,7H2,1-4H3. The molecule has 90 valence electrons. The number of likely N-dealkylation sites (N-methyl/N-ethyl adjacent to an activating group) is 1. The van der Waals surface area contributed by atoms with Crippen LogP contribution in [-0.2, 0) is 11.1 Å². The number of hydrogen-bond acceptors (Lipinski definition) is 3. The third kappa shape index (κ3) is 3.33. The molecule has 1 atom stereocenters. The summed E-state index contributed by atoms with van der Waals surface area (Å²) in [6.45, 7) is 5.60. The highest BCUT2D eigenvalue weighted by atomic mass is 16.5. The van der Waals surface area contributed by atoms with Crippen LogP contribution in [0.25, 0.3) is 0 Å². The van der Waals surface area contributed by atoms with Crippen molar-refractivity contribution in [2.45, 2.75) is 33.1 Å². The average molecular weight is 231 g/mol. The molecule has 1 unspecified atom stereocenters. The predicted molar refractivity (Wildman–Crippen MR) is 69.5 cm³/mol. The van der Waals surface area contributed by atoms with Gasteiger partial charge in [-0.05, 0) is 38.9 Å². The third-order valence-corrected chi connectivity index (χ3v) is 2.75. The van der Waals surface area contributed by atoms with Crippen LogP contribution < -0.4 is 10.1 Å². The summed E-state index contributed by atoms with van der Waals surface area (Å²) < 4.78 is 5.39. The Morgan fingerprint density at radius 2 is 1.94 bits per heavy atom. The lowest BCUT2D eigenvalue weighted by Crippen LogP contribution is -2.34. The van der Waals surface area contributed by atoms with Crippen molar-refractivity contribution in [3.63, 3.8) is 0 Å². The number of nitrogens with one attached hydrogen (secondary N) is 1. The van der Waals surface area contributed by atoms with Crippen molar-refractivity contribution >= 4 is 13.8 Å². The molecule has 0 spiro atoms. The summed E-state index contributed by atoms with van der Waals surface area (Å²) in [5, 5.41) is 2.85. The quantitative estimate of drug-likeness (QED) is 0.484. The van der Waals surface area contributed by atoms with Gasteiger partial charge >= 0.3 is 5.97 Å². The topological polar surface area (TPSA) is 38.3 Å². The van der Waals surface area contributed by atoms with Gasteiger partial charge in [0.05, 0.1) is 7.85 Å². The van der Waals surface area contributed by atoms with Crippen LogP contribution in [0.3, 0.4) is 0 Å². The third-order valence-electron chi connectivity index (χ3n) is 2.75. The lowest BCUT2D eigenvalue weighted by Gasteiger charge is -2.15. The minimum Gasteiger partial charge on any atom is -0.425 e. The molecule has 0 aliphatic rings. The Balaban J connectivity index is 2.95. The van der Waals surface area contributed by atoms with E-state index >= 15 is 0 Å². The van der Waals surface area contributed by atoms with Crippen molar-refractivity contribution < 1.29 is 9.53 Å². The van der Waals surface area contributed by atoms with Crippen molar-refractivity contribution in [1.82, 2.24) is 5.32 Å². The van der Waals surface area contributed by atoms with Gasteiger partial charge in [0, 0.05) is 0 Å². The van der Waals surface area contributed by atoms with Gasteiger partial charge in [0.15, 0.2) is 0 Å². The smallest absolute Gasteiger partial charge is 0.328 e. The van der Waals surface area contributed by atoms with Crippen molar-refractivity contribution in [1.29, 1.82) is 0 Å². The van der Waals surface area contributed by atoms with Gasteiger partial charge in [0.1, 0.15) is 11.8 Å². The van der Waals surface area contributed by atoms with Gasteiger partial charge in [0.2, 0.25) is 0 Å². The first-order valence-corrected chi connectivity index (χ1v) is 5.68. The average Bonchev–Trinajstić information content (AvgIpc) is 2.31. The lowest BCUT2D eigenvalue weighted by atomic mass is 9.94. The monoisotopic (exact) mass is 231 g/mol. The first-order chi connectivity index (χ1) is 7.99. The summed E-state index contributed by atoms with van der Waals surface area (Å²) in [6, 6.07) is 3.57. The molecule has 0 fully saturated rings. The van der Waals surface area contributed by atoms with E-state index in [2.05, 4.69) is 5.32 Å². The molecule has 1 N–H and O–H groups in total. The highest BCUT2D eigenvalue weighted by Crippen LogP contribution is 2.25. The fourth-order valence-electron chi connectivity index (χ4n) is 1.63. The van der Waals surface area contributed by atoms with Gasteiger partial charge in [0.25, 0.3) is 0 Å². The molecule has 2 radical (unpaired) electrons. The molecule has 0 heterocycles. The van der Waals surface area contributed by atoms with E-state index in [1.165, 1.54) is 0 Å². The second kappa shape index (κ2) is 5.87. The molecular formula is C13H18BNO2. The normalized spacial score (nSPS) is 12.2. The van der Waals surface area contributed by atoms with E-state index in [1.54, 1.807) is 14.0 Å². The van der Waals surface area contributed by atoms with Gasteiger partial charge in [-0.3, -0.25) is 0 Å². The highest BCUT2D eigenvalue weighted by Gasteiger charge is 2.15. The molecule has 0 bridgehead atoms. The highest BCUT2D eigenvalue weighted by molar-refractivity contribution is 6.08. The molecule has 1 aromatic rings. The van der Waals surface area contributed by atoms with Crippen LogP contribution in [0.15, 0.2) is 12.1 Å².